The number of alkyl halides is 3. The highest BCUT2D eigenvalue weighted by molar-refractivity contribution is 7.21. The van der Waals surface area contributed by atoms with Crippen molar-refractivity contribution in [3.05, 3.63) is 29.4 Å². The van der Waals surface area contributed by atoms with E-state index in [0.29, 0.717) is 22.8 Å². The zero-order valence-corrected chi connectivity index (χ0v) is 18.6. The van der Waals surface area contributed by atoms with Crippen molar-refractivity contribution in [1.82, 2.24) is 15.0 Å². The highest BCUT2D eigenvalue weighted by Gasteiger charge is 2.28. The zero-order valence-electron chi connectivity index (χ0n) is 17.0. The van der Waals surface area contributed by atoms with Gasteiger partial charge in [0.25, 0.3) is 0 Å². The SMILES string of the molecule is CCC(CO)CC(C)Nc1nc(NCC(F)(F)F)nc(Cl)c1-c1nc2ccccc2s1. The molecule has 1 aromatic carbocycles. The van der Waals surface area contributed by atoms with Gasteiger partial charge in [0.1, 0.15) is 22.5 Å². The number of aromatic nitrogens is 3. The summed E-state index contributed by atoms with van der Waals surface area (Å²) in [6, 6.07) is 7.44. The molecule has 3 N–H and O–H groups in total. The molecule has 0 bridgehead atoms. The number of nitrogens with one attached hydrogen (secondary N) is 2. The van der Waals surface area contributed by atoms with Crippen LogP contribution in [0.4, 0.5) is 24.9 Å². The van der Waals surface area contributed by atoms with Gasteiger partial charge < -0.3 is 15.7 Å². The first-order valence-corrected chi connectivity index (χ1v) is 11.0. The Bertz CT molecular complexity index is 993. The summed E-state index contributed by atoms with van der Waals surface area (Å²) < 4.78 is 38.9. The Morgan fingerprint density at radius 2 is 1.94 bits per heavy atom. The maximum atomic E-state index is 12.6. The number of hydrogen-bond acceptors (Lipinski definition) is 7. The average molecular weight is 474 g/mol. The van der Waals surface area contributed by atoms with E-state index in [2.05, 4.69) is 25.6 Å². The lowest BCUT2D eigenvalue weighted by Crippen LogP contribution is -2.24. The smallest absolute Gasteiger partial charge is 0.396 e. The lowest BCUT2D eigenvalue weighted by molar-refractivity contribution is -0.115. The van der Waals surface area contributed by atoms with E-state index in [1.54, 1.807) is 0 Å². The van der Waals surface area contributed by atoms with Gasteiger partial charge in [0.05, 0.1) is 15.8 Å². The predicted octanol–water partition coefficient (Wildman–Crippen LogP) is 5.59. The van der Waals surface area contributed by atoms with E-state index < -0.39 is 12.7 Å². The maximum Gasteiger partial charge on any atom is 0.405 e. The van der Waals surface area contributed by atoms with Crippen LogP contribution in [0.25, 0.3) is 20.8 Å². The molecule has 0 amide bonds. The summed E-state index contributed by atoms with van der Waals surface area (Å²) in [4.78, 5) is 12.9. The van der Waals surface area contributed by atoms with E-state index in [1.807, 2.05) is 38.1 Å². The molecule has 0 aliphatic heterocycles. The number of halogens is 4. The van der Waals surface area contributed by atoms with Crippen LogP contribution < -0.4 is 10.6 Å². The van der Waals surface area contributed by atoms with Crippen LogP contribution in [0.1, 0.15) is 26.7 Å². The van der Waals surface area contributed by atoms with Gasteiger partial charge >= 0.3 is 6.18 Å². The first-order chi connectivity index (χ1) is 14.7. The Hall–Kier alpha value is -2.17. The van der Waals surface area contributed by atoms with Crippen molar-refractivity contribution in [2.24, 2.45) is 5.92 Å². The van der Waals surface area contributed by atoms with Gasteiger partial charge in [0.15, 0.2) is 0 Å². The third-order valence-electron chi connectivity index (χ3n) is 4.73. The van der Waals surface area contributed by atoms with Crippen LogP contribution in [0.15, 0.2) is 24.3 Å². The van der Waals surface area contributed by atoms with E-state index in [1.165, 1.54) is 11.3 Å². The first kappa shape index (κ1) is 23.5. The van der Waals surface area contributed by atoms with Gasteiger partial charge in [0.2, 0.25) is 5.95 Å². The predicted molar refractivity (Wildman–Crippen MR) is 119 cm³/mol. The monoisotopic (exact) mass is 473 g/mol. The minimum atomic E-state index is -4.42. The number of anilines is 2. The van der Waals surface area contributed by atoms with Crippen molar-refractivity contribution >= 4 is 44.9 Å². The van der Waals surface area contributed by atoms with Crippen LogP contribution >= 0.6 is 22.9 Å². The zero-order chi connectivity index (χ0) is 22.6. The fraction of sp³-hybridized carbons (Fsp3) is 0.450. The van der Waals surface area contributed by atoms with Gasteiger partial charge in [-0.1, -0.05) is 37.1 Å². The van der Waals surface area contributed by atoms with Crippen LogP contribution in [0.2, 0.25) is 5.15 Å². The van der Waals surface area contributed by atoms with Crippen LogP contribution in [0, 0.1) is 5.92 Å². The Morgan fingerprint density at radius 3 is 2.58 bits per heavy atom. The fourth-order valence-corrected chi connectivity index (χ4v) is 4.46. The Labute approximate surface area is 186 Å². The maximum absolute atomic E-state index is 12.6. The molecule has 0 saturated carbocycles. The molecular formula is C20H23ClF3N5OS. The topological polar surface area (TPSA) is 83.0 Å². The van der Waals surface area contributed by atoms with Gasteiger partial charge in [-0.05, 0) is 31.4 Å². The molecule has 6 nitrogen and oxygen atoms in total. The molecule has 3 rings (SSSR count). The quantitative estimate of drug-likeness (QED) is 0.351. The van der Waals surface area contributed by atoms with Crippen molar-refractivity contribution in [1.29, 1.82) is 0 Å². The van der Waals surface area contributed by atoms with Crippen LogP contribution in [0.3, 0.4) is 0 Å². The summed E-state index contributed by atoms with van der Waals surface area (Å²) in [5.74, 6) is 0.161. The molecule has 2 aromatic heterocycles. The van der Waals surface area contributed by atoms with Gasteiger partial charge in [-0.25, -0.2) is 9.97 Å². The second-order valence-corrected chi connectivity index (χ2v) is 8.64. The summed E-state index contributed by atoms with van der Waals surface area (Å²) in [5.41, 5.74) is 1.22. The summed E-state index contributed by atoms with van der Waals surface area (Å²) in [5, 5.41) is 15.5. The Balaban J connectivity index is 1.99. The molecule has 3 aromatic rings. The number of benzene rings is 1. The number of aliphatic hydroxyl groups excluding tert-OH is 1. The number of rotatable bonds is 9. The standard InChI is InChI=1S/C20H23ClF3N5OS/c1-3-12(9-30)8-11(2)26-17-15(18-27-13-6-4-5-7-14(13)31-18)16(21)28-19(29-17)25-10-20(22,23)24/h4-7,11-12,30H,3,8-10H2,1-2H3,(H2,25,26,28,29). The molecule has 11 heteroatoms. The highest BCUT2D eigenvalue weighted by Crippen LogP contribution is 2.38. The normalized spacial score (nSPS) is 13.9. The molecule has 0 aliphatic rings. The van der Waals surface area contributed by atoms with Gasteiger partial charge in [-0.2, -0.15) is 18.2 Å². The molecule has 0 aliphatic carbocycles. The van der Waals surface area contributed by atoms with E-state index >= 15 is 0 Å². The molecule has 168 valence electrons. The highest BCUT2D eigenvalue weighted by atomic mass is 35.5. The Kier molecular flexibility index (Phi) is 7.55. The van der Waals surface area contributed by atoms with Crippen molar-refractivity contribution in [3.8, 4) is 10.6 Å². The lowest BCUT2D eigenvalue weighted by atomic mass is 9.99. The van der Waals surface area contributed by atoms with Crippen molar-refractivity contribution in [3.63, 3.8) is 0 Å². The molecule has 2 atom stereocenters. The van der Waals surface area contributed by atoms with Crippen LogP contribution in [-0.4, -0.2) is 45.4 Å². The fourth-order valence-electron chi connectivity index (χ4n) is 3.13. The molecule has 2 unspecified atom stereocenters. The molecule has 0 radical (unpaired) electrons. The van der Waals surface area contributed by atoms with Gasteiger partial charge in [0, 0.05) is 12.6 Å². The molecule has 0 saturated heterocycles. The molecule has 31 heavy (non-hydrogen) atoms. The summed E-state index contributed by atoms with van der Waals surface area (Å²) in [6.45, 7) is 2.68. The number of para-hydroxylation sites is 1. The third kappa shape index (κ3) is 6.18. The summed E-state index contributed by atoms with van der Waals surface area (Å²) in [7, 11) is 0. The average Bonchev–Trinajstić information content (AvgIpc) is 3.13. The van der Waals surface area contributed by atoms with Crippen LogP contribution in [-0.2, 0) is 0 Å². The minimum Gasteiger partial charge on any atom is -0.396 e. The van der Waals surface area contributed by atoms with Crippen molar-refractivity contribution < 1.29 is 18.3 Å². The third-order valence-corrected chi connectivity index (χ3v) is 6.05. The van der Waals surface area contributed by atoms with Crippen molar-refractivity contribution in [2.75, 3.05) is 23.8 Å². The molecule has 0 fully saturated rings. The van der Waals surface area contributed by atoms with Crippen LogP contribution in [0.5, 0.6) is 0 Å². The second-order valence-electron chi connectivity index (χ2n) is 7.26. The second kappa shape index (κ2) is 9.97. The lowest BCUT2D eigenvalue weighted by Gasteiger charge is -2.21. The minimum absolute atomic E-state index is 0.00244. The van der Waals surface area contributed by atoms with Gasteiger partial charge in [-0.15, -0.1) is 11.3 Å². The van der Waals surface area contributed by atoms with Gasteiger partial charge in [-0.3, -0.25) is 0 Å². The number of nitrogens with zero attached hydrogens (tertiary/aromatic N) is 3. The van der Waals surface area contributed by atoms with E-state index in [0.717, 1.165) is 16.6 Å². The molecule has 0 spiro atoms. The molecule has 2 heterocycles. The summed E-state index contributed by atoms with van der Waals surface area (Å²) >= 11 is 7.80. The Morgan fingerprint density at radius 1 is 1.19 bits per heavy atom. The number of thiazole rings is 1. The largest absolute Gasteiger partial charge is 0.405 e. The number of fused-ring (bicyclic) bond motifs is 1. The van der Waals surface area contributed by atoms with E-state index in [4.69, 9.17) is 11.6 Å². The molecular weight excluding hydrogens is 451 g/mol. The first-order valence-electron chi connectivity index (χ1n) is 9.81. The van der Waals surface area contributed by atoms with E-state index in [9.17, 15) is 18.3 Å². The number of hydrogen-bond donors (Lipinski definition) is 3. The van der Waals surface area contributed by atoms with Crippen molar-refractivity contribution in [2.45, 2.75) is 38.9 Å². The van der Waals surface area contributed by atoms with E-state index in [-0.39, 0.29) is 29.7 Å². The number of aliphatic hydroxyl groups is 1. The summed E-state index contributed by atoms with van der Waals surface area (Å²) in [6.07, 6.45) is -2.96.